The van der Waals surface area contributed by atoms with Gasteiger partial charge in [0.2, 0.25) is 0 Å². The quantitative estimate of drug-likeness (QED) is 0.0708. The van der Waals surface area contributed by atoms with Crippen LogP contribution in [-0.2, 0) is 4.79 Å². The summed E-state index contributed by atoms with van der Waals surface area (Å²) in [4.78, 5) is 11.8. The van der Waals surface area contributed by atoms with Crippen molar-refractivity contribution in [1.82, 2.24) is 0 Å². The summed E-state index contributed by atoms with van der Waals surface area (Å²) in [5, 5.41) is 0. The first-order valence-electron chi connectivity index (χ1n) is 14.2. The third kappa shape index (κ3) is 20.7. The van der Waals surface area contributed by atoms with E-state index in [0.717, 1.165) is 12.8 Å². The Labute approximate surface area is 205 Å². The Bertz CT molecular complexity index is 564. The molecule has 0 atom stereocenters. The van der Waals surface area contributed by atoms with Gasteiger partial charge in [0.25, 0.3) is 0 Å². The molecule has 0 aliphatic rings. The summed E-state index contributed by atoms with van der Waals surface area (Å²) >= 11 is 0. The monoisotopic (exact) mass is 456 g/mol. The first-order valence-corrected chi connectivity index (χ1v) is 14.2. The van der Waals surface area contributed by atoms with Crippen molar-refractivity contribution in [3.8, 4) is 5.75 Å². The van der Waals surface area contributed by atoms with Gasteiger partial charge in [-0.15, -0.1) is 0 Å². The van der Waals surface area contributed by atoms with Crippen molar-refractivity contribution in [3.63, 3.8) is 0 Å². The molecule has 0 aliphatic carbocycles. The third-order valence-corrected chi connectivity index (χ3v) is 6.38. The standard InChI is InChI=1S/C31H52O2/c1-2-3-4-5-6-7-8-9-10-11-12-13-14-15-16-17-18-19-20-21-22-26-29-31(32)33-30-27-24-23-25-28-30/h21-25,27-28H,2-20,26,29H2,1H3. The van der Waals surface area contributed by atoms with Crippen LogP contribution in [0.4, 0.5) is 0 Å². The van der Waals surface area contributed by atoms with Crippen LogP contribution in [0.3, 0.4) is 0 Å². The van der Waals surface area contributed by atoms with E-state index in [1.807, 2.05) is 30.3 Å². The second-order valence-electron chi connectivity index (χ2n) is 9.60. The predicted molar refractivity (Wildman–Crippen MR) is 144 cm³/mol. The smallest absolute Gasteiger partial charge is 0.311 e. The summed E-state index contributed by atoms with van der Waals surface area (Å²) in [5.41, 5.74) is 0. The number of ether oxygens (including phenoxy) is 1. The maximum absolute atomic E-state index is 11.8. The van der Waals surface area contributed by atoms with Gasteiger partial charge in [-0.05, 0) is 31.4 Å². The third-order valence-electron chi connectivity index (χ3n) is 6.38. The van der Waals surface area contributed by atoms with Crippen molar-refractivity contribution < 1.29 is 9.53 Å². The maximum Gasteiger partial charge on any atom is 0.311 e. The Kier molecular flexibility index (Phi) is 21.1. The highest BCUT2D eigenvalue weighted by Gasteiger charge is 2.02. The van der Waals surface area contributed by atoms with Crippen LogP contribution in [0.15, 0.2) is 42.5 Å². The largest absolute Gasteiger partial charge is 0.427 e. The number of carbonyl (C=O) groups is 1. The minimum Gasteiger partial charge on any atom is -0.427 e. The molecule has 0 amide bonds. The fraction of sp³-hybridized carbons (Fsp3) is 0.710. The Morgan fingerprint density at radius 1 is 0.606 bits per heavy atom. The molecule has 0 aromatic heterocycles. The molecule has 0 heterocycles. The predicted octanol–water partition coefficient (Wildman–Crippen LogP) is 10.4. The minimum absolute atomic E-state index is 0.154. The molecule has 0 aliphatic heterocycles. The van der Waals surface area contributed by atoms with E-state index in [1.165, 1.54) is 116 Å². The fourth-order valence-corrected chi connectivity index (χ4v) is 4.27. The molecule has 2 heteroatoms. The van der Waals surface area contributed by atoms with Gasteiger partial charge in [-0.2, -0.15) is 0 Å². The molecule has 0 unspecified atom stereocenters. The molecule has 0 bridgehead atoms. The summed E-state index contributed by atoms with van der Waals surface area (Å²) in [7, 11) is 0. The van der Waals surface area contributed by atoms with E-state index < -0.39 is 0 Å². The van der Waals surface area contributed by atoms with Crippen LogP contribution in [0.25, 0.3) is 0 Å². The Morgan fingerprint density at radius 2 is 1.03 bits per heavy atom. The van der Waals surface area contributed by atoms with Crippen LogP contribution in [-0.4, -0.2) is 5.97 Å². The highest BCUT2D eigenvalue weighted by Crippen LogP contribution is 2.15. The van der Waals surface area contributed by atoms with E-state index in [0.29, 0.717) is 12.2 Å². The Hall–Kier alpha value is -1.57. The van der Waals surface area contributed by atoms with Crippen molar-refractivity contribution in [3.05, 3.63) is 42.5 Å². The van der Waals surface area contributed by atoms with Crippen LogP contribution in [0.1, 0.15) is 142 Å². The van der Waals surface area contributed by atoms with E-state index in [9.17, 15) is 4.79 Å². The fourth-order valence-electron chi connectivity index (χ4n) is 4.27. The van der Waals surface area contributed by atoms with Gasteiger partial charge in [0, 0.05) is 6.42 Å². The highest BCUT2D eigenvalue weighted by atomic mass is 16.5. The minimum atomic E-state index is -0.154. The SMILES string of the molecule is CCCCCCCCCCCCCCCCCCCCC=CCCC(=O)Oc1ccccc1. The van der Waals surface area contributed by atoms with Crippen molar-refractivity contribution in [1.29, 1.82) is 0 Å². The molecule has 1 aromatic rings. The van der Waals surface area contributed by atoms with E-state index in [2.05, 4.69) is 19.1 Å². The number of para-hydroxylation sites is 1. The molecular weight excluding hydrogens is 404 g/mol. The molecule has 1 rings (SSSR count). The molecule has 2 nitrogen and oxygen atoms in total. The molecule has 0 spiro atoms. The summed E-state index contributed by atoms with van der Waals surface area (Å²) in [6, 6.07) is 9.29. The van der Waals surface area contributed by atoms with Crippen LogP contribution in [0.2, 0.25) is 0 Å². The van der Waals surface area contributed by atoms with E-state index >= 15 is 0 Å². The van der Waals surface area contributed by atoms with Gasteiger partial charge < -0.3 is 4.74 Å². The van der Waals surface area contributed by atoms with Crippen molar-refractivity contribution in [2.45, 2.75) is 142 Å². The highest BCUT2D eigenvalue weighted by molar-refractivity contribution is 5.72. The van der Waals surface area contributed by atoms with E-state index in [-0.39, 0.29) is 5.97 Å². The summed E-state index contributed by atoms with van der Waals surface area (Å²) in [6.07, 6.45) is 32.2. The van der Waals surface area contributed by atoms with Crippen LogP contribution >= 0.6 is 0 Å². The normalized spacial score (nSPS) is 11.3. The summed E-state index contributed by atoms with van der Waals surface area (Å²) in [5.74, 6) is 0.476. The topological polar surface area (TPSA) is 26.3 Å². The number of benzene rings is 1. The van der Waals surface area contributed by atoms with Crippen LogP contribution in [0.5, 0.6) is 5.75 Å². The maximum atomic E-state index is 11.8. The van der Waals surface area contributed by atoms with Crippen LogP contribution < -0.4 is 4.74 Å². The van der Waals surface area contributed by atoms with Gasteiger partial charge in [-0.3, -0.25) is 4.79 Å². The van der Waals surface area contributed by atoms with Gasteiger partial charge >= 0.3 is 5.97 Å². The summed E-state index contributed by atoms with van der Waals surface area (Å²) in [6.45, 7) is 2.29. The number of rotatable bonds is 23. The number of hydrogen-bond acceptors (Lipinski definition) is 2. The Morgan fingerprint density at radius 3 is 1.52 bits per heavy atom. The molecule has 0 N–H and O–H groups in total. The number of esters is 1. The van der Waals surface area contributed by atoms with Crippen molar-refractivity contribution in [2.75, 3.05) is 0 Å². The average Bonchev–Trinajstić information content (AvgIpc) is 2.83. The molecule has 0 radical (unpaired) electrons. The molecule has 188 valence electrons. The van der Waals surface area contributed by atoms with Crippen molar-refractivity contribution in [2.24, 2.45) is 0 Å². The van der Waals surface area contributed by atoms with Crippen LogP contribution in [0, 0.1) is 0 Å². The Balaban J connectivity index is 1.74. The first kappa shape index (κ1) is 29.5. The zero-order chi connectivity index (χ0) is 23.7. The van der Waals surface area contributed by atoms with Gasteiger partial charge in [0.1, 0.15) is 5.75 Å². The second kappa shape index (κ2) is 23.6. The molecular formula is C31H52O2. The molecule has 1 aromatic carbocycles. The molecule has 0 saturated carbocycles. The lowest BCUT2D eigenvalue weighted by Crippen LogP contribution is -2.06. The average molecular weight is 457 g/mol. The lowest BCUT2D eigenvalue weighted by atomic mass is 10.0. The molecule has 0 fully saturated rings. The number of unbranched alkanes of at least 4 members (excludes halogenated alkanes) is 18. The first-order chi connectivity index (χ1) is 16.3. The zero-order valence-electron chi connectivity index (χ0n) is 21.7. The van der Waals surface area contributed by atoms with Gasteiger partial charge in [0.05, 0.1) is 0 Å². The van der Waals surface area contributed by atoms with Gasteiger partial charge in [-0.1, -0.05) is 146 Å². The number of hydrogen-bond donors (Lipinski definition) is 0. The number of allylic oxidation sites excluding steroid dienone is 2. The second-order valence-corrected chi connectivity index (χ2v) is 9.60. The molecule has 33 heavy (non-hydrogen) atoms. The van der Waals surface area contributed by atoms with E-state index in [4.69, 9.17) is 4.74 Å². The van der Waals surface area contributed by atoms with E-state index in [1.54, 1.807) is 0 Å². The lowest BCUT2D eigenvalue weighted by Gasteiger charge is -2.03. The van der Waals surface area contributed by atoms with Crippen molar-refractivity contribution >= 4 is 5.97 Å². The number of carbonyl (C=O) groups excluding carboxylic acids is 1. The summed E-state index contributed by atoms with van der Waals surface area (Å²) < 4.78 is 5.29. The van der Waals surface area contributed by atoms with Gasteiger partial charge in [-0.25, -0.2) is 0 Å². The zero-order valence-corrected chi connectivity index (χ0v) is 21.7. The lowest BCUT2D eigenvalue weighted by molar-refractivity contribution is -0.134. The molecule has 0 saturated heterocycles. The van der Waals surface area contributed by atoms with Gasteiger partial charge in [0.15, 0.2) is 0 Å².